The van der Waals surface area contributed by atoms with Crippen LogP contribution in [0, 0.1) is 29.6 Å². The summed E-state index contributed by atoms with van der Waals surface area (Å²) in [4.78, 5) is 11.7. The van der Waals surface area contributed by atoms with Gasteiger partial charge in [-0.25, -0.2) is 0 Å². The van der Waals surface area contributed by atoms with E-state index in [9.17, 15) is 15.0 Å². The summed E-state index contributed by atoms with van der Waals surface area (Å²) in [5.74, 6) is 3.25. The summed E-state index contributed by atoms with van der Waals surface area (Å²) in [6.45, 7) is 2.09. The van der Waals surface area contributed by atoms with Crippen LogP contribution in [0.1, 0.15) is 45.4 Å². The molecule has 0 saturated heterocycles. The van der Waals surface area contributed by atoms with Gasteiger partial charge in [-0.05, 0) is 66.7 Å². The molecule has 0 unspecified atom stereocenters. The quantitative estimate of drug-likeness (QED) is 0.729. The molecule has 0 spiro atoms. The van der Waals surface area contributed by atoms with Gasteiger partial charge in [-0.3, -0.25) is 4.79 Å². The molecule has 0 aromatic rings. The second kappa shape index (κ2) is 5.18. The first-order chi connectivity index (χ1) is 11.5. The molecule has 0 radical (unpaired) electrons. The Balaban J connectivity index is 1.87. The fourth-order valence-electron chi connectivity index (χ4n) is 5.76. The number of terminal acetylenes is 1. The van der Waals surface area contributed by atoms with Gasteiger partial charge in [-0.1, -0.05) is 25.0 Å². The van der Waals surface area contributed by atoms with Crippen molar-refractivity contribution < 1.29 is 15.0 Å². The van der Waals surface area contributed by atoms with E-state index in [4.69, 9.17) is 6.42 Å². The number of allylic oxidation sites excluding steroid dienone is 3. The van der Waals surface area contributed by atoms with Crippen LogP contribution in [0.4, 0.5) is 0 Å². The summed E-state index contributed by atoms with van der Waals surface area (Å²) in [5.41, 5.74) is 1.73. The molecule has 4 aliphatic carbocycles. The molecule has 1 fully saturated rings. The minimum atomic E-state index is -1.09. The largest absolute Gasteiger partial charge is 0.388 e. The number of aliphatic hydroxyl groups is 2. The van der Waals surface area contributed by atoms with Crippen molar-refractivity contribution in [2.24, 2.45) is 17.3 Å². The van der Waals surface area contributed by atoms with E-state index < -0.39 is 17.1 Å². The van der Waals surface area contributed by atoms with E-state index in [0.717, 1.165) is 24.0 Å². The third-order valence-corrected chi connectivity index (χ3v) is 6.99. The lowest BCUT2D eigenvalue weighted by molar-refractivity contribution is -0.114. The van der Waals surface area contributed by atoms with Crippen LogP contribution in [0.2, 0.25) is 0 Å². The van der Waals surface area contributed by atoms with E-state index in [0.29, 0.717) is 25.7 Å². The summed E-state index contributed by atoms with van der Waals surface area (Å²) in [6, 6.07) is 0. The second-order valence-corrected chi connectivity index (χ2v) is 7.73. The summed E-state index contributed by atoms with van der Waals surface area (Å²) >= 11 is 0. The normalized spacial score (nSPS) is 43.7. The van der Waals surface area contributed by atoms with Crippen LogP contribution in [-0.2, 0) is 4.79 Å². The zero-order chi connectivity index (χ0) is 17.1. The molecule has 3 heteroatoms. The Labute approximate surface area is 143 Å². The molecule has 0 bridgehead atoms. The van der Waals surface area contributed by atoms with Crippen molar-refractivity contribution in [3.8, 4) is 12.3 Å². The molecule has 0 aromatic carbocycles. The van der Waals surface area contributed by atoms with Gasteiger partial charge in [0.15, 0.2) is 5.78 Å². The van der Waals surface area contributed by atoms with E-state index in [1.54, 1.807) is 6.08 Å². The molecule has 3 nitrogen and oxygen atoms in total. The minimum absolute atomic E-state index is 0.108. The number of ketones is 1. The van der Waals surface area contributed by atoms with Gasteiger partial charge >= 0.3 is 0 Å². The summed E-state index contributed by atoms with van der Waals surface area (Å²) in [6.07, 6.45) is 15.2. The van der Waals surface area contributed by atoms with Gasteiger partial charge in [0, 0.05) is 11.8 Å². The van der Waals surface area contributed by atoms with Gasteiger partial charge in [-0.2, -0.15) is 0 Å². The number of hydrogen-bond donors (Lipinski definition) is 2. The second-order valence-electron chi connectivity index (χ2n) is 7.73. The lowest BCUT2D eigenvalue weighted by Gasteiger charge is -2.49. The Morgan fingerprint density at radius 2 is 2.21 bits per heavy atom. The molecule has 4 aliphatic rings. The SMILES string of the molecule is C#C[C@]1(O)CC[C@H]2[C@@H]3C[C@@H](O)C4=CC(=O)CCC4=C3C=C[C@@]21CC. The average Bonchev–Trinajstić information content (AvgIpc) is 2.89. The molecule has 24 heavy (non-hydrogen) atoms. The van der Waals surface area contributed by atoms with Gasteiger partial charge in [0.05, 0.1) is 6.10 Å². The zero-order valence-corrected chi connectivity index (χ0v) is 14.1. The predicted octanol–water partition coefficient (Wildman–Crippen LogP) is 2.69. The first-order valence-corrected chi connectivity index (χ1v) is 9.01. The number of carbonyl (C=O) groups excluding carboxylic acids is 1. The summed E-state index contributed by atoms with van der Waals surface area (Å²) < 4.78 is 0. The Kier molecular flexibility index (Phi) is 3.43. The first kappa shape index (κ1) is 15.9. The lowest BCUT2D eigenvalue weighted by Crippen LogP contribution is -2.49. The van der Waals surface area contributed by atoms with Crippen LogP contribution >= 0.6 is 0 Å². The highest BCUT2D eigenvalue weighted by Crippen LogP contribution is 2.62. The highest BCUT2D eigenvalue weighted by atomic mass is 16.3. The molecular weight excluding hydrogens is 300 g/mol. The van der Waals surface area contributed by atoms with Crippen molar-refractivity contribution in [2.45, 2.75) is 57.2 Å². The molecule has 5 atom stereocenters. The smallest absolute Gasteiger partial charge is 0.156 e. The van der Waals surface area contributed by atoms with Crippen molar-refractivity contribution in [1.29, 1.82) is 0 Å². The highest BCUT2D eigenvalue weighted by Gasteiger charge is 2.60. The van der Waals surface area contributed by atoms with Crippen LogP contribution < -0.4 is 0 Å². The molecule has 0 aliphatic heterocycles. The van der Waals surface area contributed by atoms with Gasteiger partial charge < -0.3 is 10.2 Å². The fourth-order valence-corrected chi connectivity index (χ4v) is 5.76. The Morgan fingerprint density at radius 1 is 1.42 bits per heavy atom. The minimum Gasteiger partial charge on any atom is -0.388 e. The number of rotatable bonds is 1. The van der Waals surface area contributed by atoms with Crippen molar-refractivity contribution in [1.82, 2.24) is 0 Å². The third kappa shape index (κ3) is 1.84. The molecule has 0 amide bonds. The molecular formula is C21H24O3. The standard InChI is InChI=1S/C21H24O3/c1-3-20-9-7-15-14-6-5-13(22)11-17(14)19(23)12-16(15)18(20)8-10-21(20,24)4-2/h2,7,9,11,16,18-19,23-24H,3,5-6,8,10,12H2,1H3/t16-,18+,19-,20+,21+/m1/s1. The maximum absolute atomic E-state index is 11.7. The van der Waals surface area contributed by atoms with E-state index in [-0.39, 0.29) is 17.6 Å². The maximum atomic E-state index is 11.7. The lowest BCUT2D eigenvalue weighted by atomic mass is 9.56. The fraction of sp³-hybridized carbons (Fsp3) is 0.571. The average molecular weight is 324 g/mol. The van der Waals surface area contributed by atoms with Gasteiger partial charge in [0.25, 0.3) is 0 Å². The summed E-state index contributed by atoms with van der Waals surface area (Å²) in [5, 5.41) is 21.7. The van der Waals surface area contributed by atoms with E-state index in [2.05, 4.69) is 25.0 Å². The van der Waals surface area contributed by atoms with Gasteiger partial charge in [0.1, 0.15) is 5.60 Å². The van der Waals surface area contributed by atoms with Gasteiger partial charge in [-0.15, -0.1) is 6.42 Å². The topological polar surface area (TPSA) is 57.5 Å². The van der Waals surface area contributed by atoms with E-state index >= 15 is 0 Å². The number of carbonyl (C=O) groups is 1. The van der Waals surface area contributed by atoms with Crippen molar-refractivity contribution in [2.75, 3.05) is 0 Å². The van der Waals surface area contributed by atoms with Crippen LogP contribution in [0.3, 0.4) is 0 Å². The van der Waals surface area contributed by atoms with Crippen LogP contribution in [-0.4, -0.2) is 27.7 Å². The first-order valence-electron chi connectivity index (χ1n) is 9.01. The van der Waals surface area contributed by atoms with E-state index in [1.165, 1.54) is 5.57 Å². The highest BCUT2D eigenvalue weighted by molar-refractivity contribution is 5.93. The molecule has 1 saturated carbocycles. The predicted molar refractivity (Wildman–Crippen MR) is 91.8 cm³/mol. The number of fused-ring (bicyclic) bond motifs is 4. The van der Waals surface area contributed by atoms with Crippen LogP contribution in [0.5, 0.6) is 0 Å². The Hall–Kier alpha value is -1.63. The molecule has 0 aromatic heterocycles. The zero-order valence-electron chi connectivity index (χ0n) is 14.1. The van der Waals surface area contributed by atoms with Crippen molar-refractivity contribution >= 4 is 5.78 Å². The number of hydrogen-bond acceptors (Lipinski definition) is 3. The third-order valence-electron chi connectivity index (χ3n) is 6.99. The Bertz CT molecular complexity index is 735. The number of aliphatic hydroxyl groups excluding tert-OH is 1. The molecule has 0 heterocycles. The molecule has 4 rings (SSSR count). The van der Waals surface area contributed by atoms with Crippen molar-refractivity contribution in [3.63, 3.8) is 0 Å². The monoisotopic (exact) mass is 324 g/mol. The summed E-state index contributed by atoms with van der Waals surface area (Å²) in [7, 11) is 0. The molecule has 126 valence electrons. The van der Waals surface area contributed by atoms with Crippen molar-refractivity contribution in [3.05, 3.63) is 34.9 Å². The van der Waals surface area contributed by atoms with E-state index in [1.807, 2.05) is 0 Å². The molecule has 2 N–H and O–H groups in total. The Morgan fingerprint density at radius 3 is 2.92 bits per heavy atom. The van der Waals surface area contributed by atoms with Crippen LogP contribution in [0.15, 0.2) is 34.9 Å². The maximum Gasteiger partial charge on any atom is 0.156 e. The van der Waals surface area contributed by atoms with Gasteiger partial charge in [0.2, 0.25) is 0 Å². The van der Waals surface area contributed by atoms with Crippen LogP contribution in [0.25, 0.3) is 0 Å².